The summed E-state index contributed by atoms with van der Waals surface area (Å²) in [5.74, 6) is -0.276. The van der Waals surface area contributed by atoms with Crippen molar-refractivity contribution in [3.05, 3.63) is 65.5 Å². The number of halogens is 1. The molecule has 136 valence electrons. The van der Waals surface area contributed by atoms with Crippen LogP contribution in [0.3, 0.4) is 0 Å². The van der Waals surface area contributed by atoms with Crippen LogP contribution in [0.5, 0.6) is 0 Å². The molecule has 1 heterocycles. The molecule has 0 aliphatic carbocycles. The molecule has 0 fully saturated rings. The highest BCUT2D eigenvalue weighted by Crippen LogP contribution is 2.32. The SMILES string of the molecule is CCN(CC)C(CO)c1cccc2cc(C)c(-c3ccccc3F)nc12. The first-order valence-corrected chi connectivity index (χ1v) is 9.10. The Morgan fingerprint density at radius 1 is 1.08 bits per heavy atom. The summed E-state index contributed by atoms with van der Waals surface area (Å²) in [6, 6.07) is 14.7. The zero-order chi connectivity index (χ0) is 18.7. The fraction of sp³-hybridized carbons (Fsp3) is 0.318. The van der Waals surface area contributed by atoms with E-state index in [2.05, 4.69) is 18.7 Å². The van der Waals surface area contributed by atoms with Gasteiger partial charge in [-0.15, -0.1) is 0 Å². The third-order valence-corrected chi connectivity index (χ3v) is 4.98. The van der Waals surface area contributed by atoms with Gasteiger partial charge < -0.3 is 5.11 Å². The third-order valence-electron chi connectivity index (χ3n) is 4.98. The van der Waals surface area contributed by atoms with Crippen LogP contribution in [0.4, 0.5) is 4.39 Å². The highest BCUT2D eigenvalue weighted by Gasteiger charge is 2.21. The van der Waals surface area contributed by atoms with E-state index >= 15 is 0 Å². The largest absolute Gasteiger partial charge is 0.394 e. The van der Waals surface area contributed by atoms with Crippen LogP contribution < -0.4 is 0 Å². The number of aliphatic hydroxyl groups excluding tert-OH is 1. The number of aryl methyl sites for hydroxylation is 1. The summed E-state index contributed by atoms with van der Waals surface area (Å²) in [6.45, 7) is 7.81. The summed E-state index contributed by atoms with van der Waals surface area (Å²) < 4.78 is 14.3. The molecule has 3 rings (SSSR count). The van der Waals surface area contributed by atoms with Crippen molar-refractivity contribution in [2.75, 3.05) is 19.7 Å². The number of hydrogen-bond donors (Lipinski definition) is 1. The van der Waals surface area contributed by atoms with E-state index in [1.807, 2.05) is 37.3 Å². The van der Waals surface area contributed by atoms with E-state index in [0.717, 1.165) is 35.1 Å². The minimum Gasteiger partial charge on any atom is -0.394 e. The molecule has 3 nitrogen and oxygen atoms in total. The topological polar surface area (TPSA) is 36.4 Å². The summed E-state index contributed by atoms with van der Waals surface area (Å²) in [6.07, 6.45) is 0. The van der Waals surface area contributed by atoms with Crippen LogP contribution in [-0.2, 0) is 0 Å². The number of likely N-dealkylation sites (N-methyl/N-ethyl adjacent to an activating group) is 1. The zero-order valence-corrected chi connectivity index (χ0v) is 15.5. The van der Waals surface area contributed by atoms with E-state index in [9.17, 15) is 9.50 Å². The van der Waals surface area contributed by atoms with Crippen molar-refractivity contribution < 1.29 is 9.50 Å². The van der Waals surface area contributed by atoms with Crippen LogP contribution in [0.1, 0.15) is 31.0 Å². The molecule has 4 heteroatoms. The Labute approximate surface area is 154 Å². The van der Waals surface area contributed by atoms with Gasteiger partial charge in [0.05, 0.1) is 23.9 Å². The first kappa shape index (κ1) is 18.5. The molecular formula is C22H25FN2O. The Hall–Kier alpha value is -2.30. The van der Waals surface area contributed by atoms with Crippen molar-refractivity contribution in [2.24, 2.45) is 0 Å². The van der Waals surface area contributed by atoms with Gasteiger partial charge in [-0.05, 0) is 49.3 Å². The highest BCUT2D eigenvalue weighted by molar-refractivity contribution is 5.86. The number of aliphatic hydroxyl groups is 1. The van der Waals surface area contributed by atoms with Crippen molar-refractivity contribution in [1.82, 2.24) is 9.88 Å². The van der Waals surface area contributed by atoms with E-state index < -0.39 is 0 Å². The minimum absolute atomic E-state index is 0.0192. The number of para-hydroxylation sites is 1. The lowest BCUT2D eigenvalue weighted by Gasteiger charge is -2.29. The van der Waals surface area contributed by atoms with Gasteiger partial charge in [0.2, 0.25) is 0 Å². The molecule has 0 spiro atoms. The minimum atomic E-state index is -0.276. The number of fused-ring (bicyclic) bond motifs is 1. The lowest BCUT2D eigenvalue weighted by molar-refractivity contribution is 0.134. The second kappa shape index (κ2) is 7.94. The maximum atomic E-state index is 14.3. The number of aromatic nitrogens is 1. The predicted octanol–water partition coefficient (Wildman–Crippen LogP) is 4.72. The van der Waals surface area contributed by atoms with Crippen molar-refractivity contribution in [3.63, 3.8) is 0 Å². The fourth-order valence-electron chi connectivity index (χ4n) is 3.60. The second-order valence-corrected chi connectivity index (χ2v) is 6.47. The van der Waals surface area contributed by atoms with Crippen molar-refractivity contribution in [2.45, 2.75) is 26.8 Å². The van der Waals surface area contributed by atoms with E-state index in [-0.39, 0.29) is 18.5 Å². The molecule has 0 saturated carbocycles. The summed E-state index contributed by atoms with van der Waals surface area (Å²) in [7, 11) is 0. The van der Waals surface area contributed by atoms with E-state index in [4.69, 9.17) is 4.98 Å². The Morgan fingerprint density at radius 3 is 2.46 bits per heavy atom. The van der Waals surface area contributed by atoms with Gasteiger partial charge in [-0.25, -0.2) is 9.37 Å². The van der Waals surface area contributed by atoms with Gasteiger partial charge in [-0.1, -0.05) is 44.2 Å². The van der Waals surface area contributed by atoms with E-state index in [1.54, 1.807) is 12.1 Å². The molecule has 3 aromatic rings. The molecule has 2 aromatic carbocycles. The Balaban J connectivity index is 2.23. The predicted molar refractivity (Wildman–Crippen MR) is 105 cm³/mol. The molecule has 0 radical (unpaired) electrons. The molecule has 0 amide bonds. The molecule has 0 aliphatic rings. The number of nitrogens with zero attached hydrogens (tertiary/aromatic N) is 2. The molecule has 0 bridgehead atoms. The van der Waals surface area contributed by atoms with Gasteiger partial charge >= 0.3 is 0 Å². The number of rotatable bonds is 6. The second-order valence-electron chi connectivity index (χ2n) is 6.47. The number of pyridine rings is 1. The molecule has 1 N–H and O–H groups in total. The van der Waals surface area contributed by atoms with Crippen LogP contribution in [0, 0.1) is 12.7 Å². The summed E-state index contributed by atoms with van der Waals surface area (Å²) >= 11 is 0. The molecule has 1 aromatic heterocycles. The first-order chi connectivity index (χ1) is 12.6. The van der Waals surface area contributed by atoms with Gasteiger partial charge in [-0.2, -0.15) is 0 Å². The van der Waals surface area contributed by atoms with Crippen LogP contribution in [0.2, 0.25) is 0 Å². The van der Waals surface area contributed by atoms with E-state index in [0.29, 0.717) is 11.3 Å². The molecule has 26 heavy (non-hydrogen) atoms. The van der Waals surface area contributed by atoms with Crippen molar-refractivity contribution in [1.29, 1.82) is 0 Å². The van der Waals surface area contributed by atoms with Gasteiger partial charge in [0.15, 0.2) is 0 Å². The van der Waals surface area contributed by atoms with Crippen molar-refractivity contribution in [3.8, 4) is 11.3 Å². The maximum absolute atomic E-state index is 14.3. The quantitative estimate of drug-likeness (QED) is 0.697. The Bertz CT molecular complexity index is 906. The smallest absolute Gasteiger partial charge is 0.132 e. The summed E-state index contributed by atoms with van der Waals surface area (Å²) in [4.78, 5) is 7.06. The molecule has 0 saturated heterocycles. The molecular weight excluding hydrogens is 327 g/mol. The van der Waals surface area contributed by atoms with Crippen molar-refractivity contribution >= 4 is 10.9 Å². The molecule has 0 aliphatic heterocycles. The van der Waals surface area contributed by atoms with Gasteiger partial charge in [0.1, 0.15) is 5.82 Å². The lowest BCUT2D eigenvalue weighted by Crippen LogP contribution is -2.31. The molecule has 1 unspecified atom stereocenters. The molecule has 1 atom stereocenters. The monoisotopic (exact) mass is 352 g/mol. The van der Waals surface area contributed by atoms with Gasteiger partial charge in [0, 0.05) is 10.9 Å². The van der Waals surface area contributed by atoms with Crippen LogP contribution in [-0.4, -0.2) is 34.7 Å². The Kier molecular flexibility index (Phi) is 5.64. The summed E-state index contributed by atoms with van der Waals surface area (Å²) in [5, 5.41) is 11.0. The summed E-state index contributed by atoms with van der Waals surface area (Å²) in [5.41, 5.74) is 3.89. The van der Waals surface area contributed by atoms with Crippen LogP contribution >= 0.6 is 0 Å². The fourth-order valence-corrected chi connectivity index (χ4v) is 3.60. The van der Waals surface area contributed by atoms with Gasteiger partial charge in [-0.3, -0.25) is 4.90 Å². The highest BCUT2D eigenvalue weighted by atomic mass is 19.1. The van der Waals surface area contributed by atoms with Gasteiger partial charge in [0.25, 0.3) is 0 Å². The number of hydrogen-bond acceptors (Lipinski definition) is 3. The Morgan fingerprint density at radius 2 is 1.81 bits per heavy atom. The van der Waals surface area contributed by atoms with E-state index in [1.165, 1.54) is 6.07 Å². The first-order valence-electron chi connectivity index (χ1n) is 9.10. The van der Waals surface area contributed by atoms with Crippen LogP contribution in [0.15, 0.2) is 48.5 Å². The average Bonchev–Trinajstić information content (AvgIpc) is 2.66. The lowest BCUT2D eigenvalue weighted by atomic mass is 9.98. The zero-order valence-electron chi connectivity index (χ0n) is 15.5. The standard InChI is InChI=1S/C22H25FN2O/c1-4-25(5-2)20(14-26)18-11-8-9-16-13-15(3)21(24-22(16)18)17-10-6-7-12-19(17)23/h6-13,20,26H,4-5,14H2,1-3H3. The normalized spacial score (nSPS) is 12.7. The number of benzene rings is 2. The average molecular weight is 352 g/mol. The maximum Gasteiger partial charge on any atom is 0.132 e. The third kappa shape index (κ3) is 3.35. The van der Waals surface area contributed by atoms with Crippen LogP contribution in [0.25, 0.3) is 22.2 Å².